The van der Waals surface area contributed by atoms with Gasteiger partial charge < -0.3 is 14.8 Å². The molecule has 7 nitrogen and oxygen atoms in total. The number of hydrogen-bond donors (Lipinski definition) is 1. The maximum absolute atomic E-state index is 12.4. The lowest BCUT2D eigenvalue weighted by atomic mass is 10.1. The molecule has 1 N–H and O–H groups in total. The quantitative estimate of drug-likeness (QED) is 0.501. The third-order valence-electron chi connectivity index (χ3n) is 4.62. The molecule has 2 heterocycles. The molecule has 0 bridgehead atoms. The summed E-state index contributed by atoms with van der Waals surface area (Å²) >= 11 is 1.40. The van der Waals surface area contributed by atoms with Gasteiger partial charge in [-0.25, -0.2) is 0 Å². The first-order valence-electron chi connectivity index (χ1n) is 10.1. The zero-order valence-electron chi connectivity index (χ0n) is 17.7. The Morgan fingerprint density at radius 2 is 1.83 bits per heavy atom. The third kappa shape index (κ3) is 6.14. The maximum atomic E-state index is 12.4. The number of carbonyl (C=O) groups excluding carboxylic acids is 1. The number of rotatable bonds is 10. The predicted molar refractivity (Wildman–Crippen MR) is 122 cm³/mol. The van der Waals surface area contributed by atoms with Crippen LogP contribution in [0.5, 0.6) is 0 Å². The predicted octanol–water partition coefficient (Wildman–Crippen LogP) is 3.59. The van der Waals surface area contributed by atoms with Crippen molar-refractivity contribution in [1.82, 2.24) is 24.6 Å². The molecule has 30 heavy (non-hydrogen) atoms. The van der Waals surface area contributed by atoms with E-state index < -0.39 is 0 Å². The highest BCUT2D eigenvalue weighted by molar-refractivity contribution is 7.99. The second-order valence-electron chi connectivity index (χ2n) is 7.24. The van der Waals surface area contributed by atoms with Crippen molar-refractivity contribution in [2.24, 2.45) is 0 Å². The van der Waals surface area contributed by atoms with Crippen LogP contribution in [-0.4, -0.2) is 56.9 Å². The van der Waals surface area contributed by atoms with Gasteiger partial charge in [0.05, 0.1) is 5.75 Å². The van der Waals surface area contributed by atoms with Gasteiger partial charge in [0.15, 0.2) is 11.0 Å². The number of aromatic nitrogens is 4. The summed E-state index contributed by atoms with van der Waals surface area (Å²) < 4.78 is 2.09. The van der Waals surface area contributed by atoms with Gasteiger partial charge in [0.25, 0.3) is 0 Å². The normalized spacial score (nSPS) is 11.1. The lowest BCUT2D eigenvalue weighted by molar-refractivity contribution is -0.113. The van der Waals surface area contributed by atoms with Crippen LogP contribution in [0.3, 0.4) is 0 Å². The Morgan fingerprint density at radius 1 is 1.10 bits per heavy atom. The number of benzene rings is 1. The number of amides is 1. The molecule has 1 amide bonds. The Labute approximate surface area is 181 Å². The molecular weight excluding hydrogens is 396 g/mol. The van der Waals surface area contributed by atoms with E-state index >= 15 is 0 Å². The van der Waals surface area contributed by atoms with Crippen LogP contribution in [0.2, 0.25) is 0 Å². The molecule has 1 aromatic carbocycles. The van der Waals surface area contributed by atoms with Crippen molar-refractivity contribution < 1.29 is 4.79 Å². The molecule has 3 aromatic rings. The van der Waals surface area contributed by atoms with Crippen LogP contribution in [0.4, 0.5) is 5.69 Å². The Kier molecular flexibility index (Phi) is 7.98. The van der Waals surface area contributed by atoms with Crippen LogP contribution in [0.1, 0.15) is 18.9 Å². The summed E-state index contributed by atoms with van der Waals surface area (Å²) in [6.07, 6.45) is 5.44. The SMILES string of the molecule is CCc1ccc(NC(=O)CSc2nnc(-c3ccncc3)n2CCCN(C)C)cc1. The maximum Gasteiger partial charge on any atom is 0.234 e. The van der Waals surface area contributed by atoms with Gasteiger partial charge in [-0.3, -0.25) is 9.78 Å². The fraction of sp³-hybridized carbons (Fsp3) is 0.364. The van der Waals surface area contributed by atoms with Crippen LogP contribution in [0.25, 0.3) is 11.4 Å². The van der Waals surface area contributed by atoms with Gasteiger partial charge in [0.2, 0.25) is 5.91 Å². The zero-order chi connectivity index (χ0) is 21.3. The molecule has 0 aliphatic carbocycles. The van der Waals surface area contributed by atoms with Crippen LogP contribution < -0.4 is 5.32 Å². The molecule has 0 unspecified atom stereocenters. The number of nitrogens with zero attached hydrogens (tertiary/aromatic N) is 5. The first kappa shape index (κ1) is 22.0. The minimum Gasteiger partial charge on any atom is -0.325 e. The zero-order valence-corrected chi connectivity index (χ0v) is 18.5. The number of anilines is 1. The van der Waals surface area contributed by atoms with Crippen LogP contribution in [-0.2, 0) is 17.8 Å². The molecule has 0 atom stereocenters. The number of thioether (sulfide) groups is 1. The van der Waals surface area contributed by atoms with Gasteiger partial charge in [-0.15, -0.1) is 10.2 Å². The highest BCUT2D eigenvalue weighted by Gasteiger charge is 2.16. The monoisotopic (exact) mass is 424 g/mol. The molecule has 0 aliphatic rings. The fourth-order valence-corrected chi connectivity index (χ4v) is 3.77. The Bertz CT molecular complexity index is 940. The molecule has 0 radical (unpaired) electrons. The van der Waals surface area contributed by atoms with E-state index in [1.807, 2.05) is 36.4 Å². The van der Waals surface area contributed by atoms with E-state index in [1.165, 1.54) is 17.3 Å². The van der Waals surface area contributed by atoms with E-state index in [0.29, 0.717) is 0 Å². The van der Waals surface area contributed by atoms with E-state index in [-0.39, 0.29) is 11.7 Å². The Morgan fingerprint density at radius 3 is 2.50 bits per heavy atom. The van der Waals surface area contributed by atoms with E-state index in [9.17, 15) is 4.79 Å². The molecule has 0 saturated carbocycles. The smallest absolute Gasteiger partial charge is 0.234 e. The number of hydrogen-bond acceptors (Lipinski definition) is 6. The van der Waals surface area contributed by atoms with Gasteiger partial charge in [0.1, 0.15) is 0 Å². The van der Waals surface area contributed by atoms with Gasteiger partial charge in [-0.05, 0) is 63.3 Å². The Hall–Kier alpha value is -2.71. The average Bonchev–Trinajstić information content (AvgIpc) is 3.16. The molecule has 8 heteroatoms. The molecule has 0 saturated heterocycles. The highest BCUT2D eigenvalue weighted by atomic mass is 32.2. The minimum atomic E-state index is -0.0578. The molecular formula is C22H28N6OS. The topological polar surface area (TPSA) is 75.9 Å². The Balaban J connectivity index is 1.67. The standard InChI is InChI=1S/C22H28N6OS/c1-4-17-6-8-19(9-7-17)24-20(29)16-30-22-26-25-21(18-10-12-23-13-11-18)28(22)15-5-14-27(2)3/h6-13H,4-5,14-16H2,1-3H3,(H,24,29). The second-order valence-corrected chi connectivity index (χ2v) is 8.18. The highest BCUT2D eigenvalue weighted by Crippen LogP contribution is 2.24. The van der Waals surface area contributed by atoms with Crippen LogP contribution in [0.15, 0.2) is 53.9 Å². The molecule has 0 fully saturated rings. The summed E-state index contributed by atoms with van der Waals surface area (Å²) in [6.45, 7) is 3.86. The van der Waals surface area contributed by atoms with Gasteiger partial charge in [-0.1, -0.05) is 30.8 Å². The molecule has 158 valence electrons. The van der Waals surface area contributed by atoms with Gasteiger partial charge >= 0.3 is 0 Å². The molecule has 0 spiro atoms. The first-order valence-corrected chi connectivity index (χ1v) is 11.0. The van der Waals surface area contributed by atoms with Crippen LogP contribution in [0, 0.1) is 0 Å². The number of pyridine rings is 1. The van der Waals surface area contributed by atoms with E-state index in [0.717, 1.165) is 48.2 Å². The fourth-order valence-electron chi connectivity index (χ4n) is 3.01. The van der Waals surface area contributed by atoms with Crippen molar-refractivity contribution in [3.05, 3.63) is 54.4 Å². The summed E-state index contributed by atoms with van der Waals surface area (Å²) in [5.41, 5.74) is 3.02. The molecule has 0 aliphatic heterocycles. The average molecular weight is 425 g/mol. The van der Waals surface area contributed by atoms with E-state index in [4.69, 9.17) is 0 Å². The summed E-state index contributed by atoms with van der Waals surface area (Å²) in [4.78, 5) is 18.7. The van der Waals surface area contributed by atoms with Crippen molar-refractivity contribution in [3.63, 3.8) is 0 Å². The molecule has 3 rings (SSSR count). The number of nitrogens with one attached hydrogen (secondary N) is 1. The summed E-state index contributed by atoms with van der Waals surface area (Å²) in [7, 11) is 4.12. The minimum absolute atomic E-state index is 0.0578. The van der Waals surface area contributed by atoms with Crippen molar-refractivity contribution >= 4 is 23.4 Å². The summed E-state index contributed by atoms with van der Waals surface area (Å²) in [6, 6.07) is 11.8. The second kappa shape index (κ2) is 10.9. The van der Waals surface area contributed by atoms with Crippen LogP contribution >= 0.6 is 11.8 Å². The van der Waals surface area contributed by atoms with E-state index in [2.05, 4.69) is 51.0 Å². The lowest BCUT2D eigenvalue weighted by Gasteiger charge is -2.13. The lowest BCUT2D eigenvalue weighted by Crippen LogP contribution is -2.16. The van der Waals surface area contributed by atoms with Gasteiger partial charge in [-0.2, -0.15) is 0 Å². The van der Waals surface area contributed by atoms with Crippen molar-refractivity contribution in [2.45, 2.75) is 31.5 Å². The first-order chi connectivity index (χ1) is 14.6. The third-order valence-corrected chi connectivity index (χ3v) is 5.59. The van der Waals surface area contributed by atoms with Crippen molar-refractivity contribution in [3.8, 4) is 11.4 Å². The summed E-state index contributed by atoms with van der Waals surface area (Å²) in [5, 5.41) is 12.4. The number of carbonyl (C=O) groups is 1. The number of aryl methyl sites for hydroxylation is 1. The molecule has 2 aromatic heterocycles. The van der Waals surface area contributed by atoms with Crippen molar-refractivity contribution in [2.75, 3.05) is 31.7 Å². The van der Waals surface area contributed by atoms with E-state index in [1.54, 1.807) is 12.4 Å². The van der Waals surface area contributed by atoms with Crippen molar-refractivity contribution in [1.29, 1.82) is 0 Å². The largest absolute Gasteiger partial charge is 0.325 e. The van der Waals surface area contributed by atoms with Gasteiger partial charge in [0, 0.05) is 30.2 Å². The summed E-state index contributed by atoms with van der Waals surface area (Å²) in [5.74, 6) is 1.02.